The number of ether oxygens (including phenoxy) is 1. The van der Waals surface area contributed by atoms with Gasteiger partial charge in [0.1, 0.15) is 30.2 Å². The van der Waals surface area contributed by atoms with Gasteiger partial charge in [-0.05, 0) is 62.3 Å². The van der Waals surface area contributed by atoms with Gasteiger partial charge in [-0.25, -0.2) is 15.0 Å². The van der Waals surface area contributed by atoms with Crippen molar-refractivity contribution in [2.24, 2.45) is 0 Å². The lowest BCUT2D eigenvalue weighted by Gasteiger charge is -2.31. The molecule has 0 bridgehead atoms. The maximum absolute atomic E-state index is 12.6. The van der Waals surface area contributed by atoms with Crippen molar-refractivity contribution in [2.45, 2.75) is 64.8 Å². The number of fused-ring (bicyclic) bond motifs is 1. The van der Waals surface area contributed by atoms with E-state index >= 15 is 0 Å². The molecule has 1 aliphatic carbocycles. The average Bonchev–Trinajstić information content (AvgIpc) is 3.29. The number of hydrogen-bond donors (Lipinski definition) is 3. The monoisotopic (exact) mass is 506 g/mol. The van der Waals surface area contributed by atoms with Crippen LogP contribution in [0.3, 0.4) is 0 Å². The van der Waals surface area contributed by atoms with Crippen molar-refractivity contribution in [1.29, 1.82) is 0 Å². The number of aliphatic hydroxyl groups excluding tert-OH is 1. The molecule has 3 N–H and O–H groups in total. The SMILES string of the molecule is Cc1ncoc1COc1ccc2c(c1C)CCN(C[C@@H](O)CNC(=O)c1cc(NC3CCC3)ncn1)C2. The lowest BCUT2D eigenvalue weighted by Crippen LogP contribution is -2.42. The molecule has 1 saturated carbocycles. The Bertz CT molecular complexity index is 1240. The van der Waals surface area contributed by atoms with Crippen LogP contribution in [0.2, 0.25) is 0 Å². The Labute approximate surface area is 216 Å². The summed E-state index contributed by atoms with van der Waals surface area (Å²) in [5.74, 6) is 1.93. The molecule has 5 rings (SSSR count). The fraction of sp³-hybridized carbons (Fsp3) is 0.481. The summed E-state index contributed by atoms with van der Waals surface area (Å²) >= 11 is 0. The first kappa shape index (κ1) is 25.2. The van der Waals surface area contributed by atoms with Gasteiger partial charge in [0.2, 0.25) is 0 Å². The van der Waals surface area contributed by atoms with Gasteiger partial charge < -0.3 is 24.9 Å². The van der Waals surface area contributed by atoms with Crippen LogP contribution in [0, 0.1) is 13.8 Å². The maximum Gasteiger partial charge on any atom is 0.270 e. The number of β-amino-alcohol motifs (C(OH)–C–C–N with tert-alkyl or cyclic N) is 1. The summed E-state index contributed by atoms with van der Waals surface area (Å²) < 4.78 is 11.4. The molecule has 2 aliphatic rings. The lowest BCUT2D eigenvalue weighted by atomic mass is 9.93. The highest BCUT2D eigenvalue weighted by atomic mass is 16.5. The summed E-state index contributed by atoms with van der Waals surface area (Å²) in [6.07, 6.45) is 6.47. The summed E-state index contributed by atoms with van der Waals surface area (Å²) in [7, 11) is 0. The van der Waals surface area contributed by atoms with E-state index in [1.165, 1.54) is 30.3 Å². The zero-order valence-electron chi connectivity index (χ0n) is 21.4. The van der Waals surface area contributed by atoms with Crippen LogP contribution in [0.15, 0.2) is 35.3 Å². The van der Waals surface area contributed by atoms with E-state index in [4.69, 9.17) is 9.15 Å². The zero-order chi connectivity index (χ0) is 25.8. The molecule has 0 unspecified atom stereocenters. The molecule has 1 amide bonds. The minimum atomic E-state index is -0.686. The Morgan fingerprint density at radius 3 is 2.89 bits per heavy atom. The van der Waals surface area contributed by atoms with Crippen molar-refractivity contribution in [3.63, 3.8) is 0 Å². The molecular weight excluding hydrogens is 472 g/mol. The molecule has 1 fully saturated rings. The van der Waals surface area contributed by atoms with Gasteiger partial charge in [-0.15, -0.1) is 0 Å². The highest BCUT2D eigenvalue weighted by Gasteiger charge is 2.23. The van der Waals surface area contributed by atoms with Gasteiger partial charge in [0, 0.05) is 38.3 Å². The first-order valence-electron chi connectivity index (χ1n) is 12.9. The van der Waals surface area contributed by atoms with E-state index < -0.39 is 6.10 Å². The number of hydrogen-bond acceptors (Lipinski definition) is 9. The van der Waals surface area contributed by atoms with Crippen LogP contribution >= 0.6 is 0 Å². The second-order valence-corrected chi connectivity index (χ2v) is 9.89. The molecule has 10 heteroatoms. The Morgan fingerprint density at radius 1 is 1.27 bits per heavy atom. The number of anilines is 1. The van der Waals surface area contributed by atoms with Crippen LogP contribution in [-0.2, 0) is 19.6 Å². The highest BCUT2D eigenvalue weighted by Crippen LogP contribution is 2.30. The second kappa shape index (κ2) is 11.3. The normalized spacial score (nSPS) is 16.5. The van der Waals surface area contributed by atoms with Gasteiger partial charge in [0.25, 0.3) is 5.91 Å². The zero-order valence-corrected chi connectivity index (χ0v) is 21.4. The van der Waals surface area contributed by atoms with Crippen molar-refractivity contribution in [2.75, 3.05) is 25.0 Å². The Balaban J connectivity index is 1.10. The number of aliphatic hydroxyl groups is 1. The predicted molar refractivity (Wildman–Crippen MR) is 137 cm³/mol. The van der Waals surface area contributed by atoms with E-state index in [0.717, 1.165) is 55.1 Å². The predicted octanol–water partition coefficient (Wildman–Crippen LogP) is 2.77. The topological polar surface area (TPSA) is 126 Å². The quantitative estimate of drug-likeness (QED) is 0.380. The summed E-state index contributed by atoms with van der Waals surface area (Å²) in [6.45, 7) is 6.53. The van der Waals surface area contributed by atoms with Gasteiger partial charge in [0.15, 0.2) is 12.2 Å². The fourth-order valence-electron chi connectivity index (χ4n) is 4.78. The molecule has 0 spiro atoms. The van der Waals surface area contributed by atoms with E-state index in [2.05, 4.69) is 43.5 Å². The Morgan fingerprint density at radius 2 is 2.14 bits per heavy atom. The standard InChI is InChI=1S/C27H34N6O4/c1-17-22-8-9-33(12-19(22)6-7-24(17)36-14-25-18(2)31-16-37-25)13-21(34)11-28-27(35)23-10-26(30-15-29-23)32-20-4-3-5-20/h6-7,10,15-16,20-21,34H,3-5,8-9,11-14H2,1-2H3,(H,28,35)(H,29,30,32)/t21-/m0/s1. The number of nitrogens with one attached hydrogen (secondary N) is 2. The largest absolute Gasteiger partial charge is 0.485 e. The number of amides is 1. The molecule has 3 heterocycles. The molecule has 1 atom stereocenters. The van der Waals surface area contributed by atoms with Crippen LogP contribution in [0.1, 0.15) is 57.9 Å². The van der Waals surface area contributed by atoms with Crippen molar-refractivity contribution in [3.05, 3.63) is 64.8 Å². The van der Waals surface area contributed by atoms with E-state index in [9.17, 15) is 9.90 Å². The van der Waals surface area contributed by atoms with E-state index in [0.29, 0.717) is 30.7 Å². The third-order valence-electron chi connectivity index (χ3n) is 7.25. The van der Waals surface area contributed by atoms with Crippen LogP contribution in [0.5, 0.6) is 5.75 Å². The lowest BCUT2D eigenvalue weighted by molar-refractivity contribution is 0.0837. The molecule has 1 aliphatic heterocycles. The maximum atomic E-state index is 12.6. The molecule has 0 radical (unpaired) electrons. The van der Waals surface area contributed by atoms with Gasteiger partial charge in [-0.3, -0.25) is 9.69 Å². The van der Waals surface area contributed by atoms with Crippen LogP contribution in [0.25, 0.3) is 0 Å². The van der Waals surface area contributed by atoms with Crippen LogP contribution in [0.4, 0.5) is 5.82 Å². The fourth-order valence-corrected chi connectivity index (χ4v) is 4.78. The number of aryl methyl sites for hydroxylation is 1. The molecule has 2 aromatic heterocycles. The van der Waals surface area contributed by atoms with E-state index in [1.54, 1.807) is 6.07 Å². The smallest absolute Gasteiger partial charge is 0.270 e. The average molecular weight is 507 g/mol. The molecular formula is C27H34N6O4. The van der Waals surface area contributed by atoms with Gasteiger partial charge in [-0.2, -0.15) is 0 Å². The third-order valence-corrected chi connectivity index (χ3v) is 7.25. The van der Waals surface area contributed by atoms with Crippen molar-refractivity contribution < 1.29 is 19.1 Å². The highest BCUT2D eigenvalue weighted by molar-refractivity contribution is 5.92. The van der Waals surface area contributed by atoms with E-state index in [-0.39, 0.29) is 12.5 Å². The number of benzene rings is 1. The Hall–Kier alpha value is -3.50. The van der Waals surface area contributed by atoms with Crippen molar-refractivity contribution in [3.8, 4) is 5.75 Å². The number of oxazole rings is 1. The van der Waals surface area contributed by atoms with Gasteiger partial charge in [0.05, 0.1) is 11.8 Å². The van der Waals surface area contributed by atoms with Gasteiger partial charge in [-0.1, -0.05) is 6.07 Å². The minimum Gasteiger partial charge on any atom is -0.485 e. The van der Waals surface area contributed by atoms with Crippen molar-refractivity contribution >= 4 is 11.7 Å². The number of rotatable bonds is 10. The van der Waals surface area contributed by atoms with Crippen LogP contribution < -0.4 is 15.4 Å². The number of carbonyl (C=O) groups excluding carboxylic acids is 1. The molecule has 196 valence electrons. The first-order valence-corrected chi connectivity index (χ1v) is 12.9. The Kier molecular flexibility index (Phi) is 7.66. The second-order valence-electron chi connectivity index (χ2n) is 9.89. The molecule has 37 heavy (non-hydrogen) atoms. The van der Waals surface area contributed by atoms with E-state index in [1.807, 2.05) is 13.0 Å². The summed E-state index contributed by atoms with van der Waals surface area (Å²) in [4.78, 5) is 27.2. The molecule has 10 nitrogen and oxygen atoms in total. The number of nitrogens with zero attached hydrogens (tertiary/aromatic N) is 4. The first-order chi connectivity index (χ1) is 18.0. The number of aromatic nitrogens is 3. The summed E-state index contributed by atoms with van der Waals surface area (Å²) in [6, 6.07) is 6.17. The van der Waals surface area contributed by atoms with Crippen LogP contribution in [-0.4, -0.2) is 62.6 Å². The number of carbonyl (C=O) groups is 1. The summed E-state index contributed by atoms with van der Waals surface area (Å²) in [5.41, 5.74) is 4.79. The molecule has 3 aromatic rings. The van der Waals surface area contributed by atoms with Gasteiger partial charge >= 0.3 is 0 Å². The summed E-state index contributed by atoms with van der Waals surface area (Å²) in [5, 5.41) is 16.7. The minimum absolute atomic E-state index is 0.157. The molecule has 0 saturated heterocycles. The van der Waals surface area contributed by atoms with Crippen molar-refractivity contribution in [1.82, 2.24) is 25.2 Å². The molecule has 1 aromatic carbocycles. The third kappa shape index (κ3) is 6.08.